The molecule has 0 radical (unpaired) electrons. The van der Waals surface area contributed by atoms with Gasteiger partial charge in [-0.1, -0.05) is 54.6 Å². The standard InChI is InChI=1S/C32H28F3NO4/c1-40-26-9-5-2-6-20(26)10-15-28(37)36-18-27-30(21-11-13-22(14-12-21)32(33,34)35)17-16-25(31(27,19-36)29(38)39)23-7-3-4-8-24(23)30/h2-15,25,27H,16-19H2,1H3,(H,38,39)/b15-10+/t25-,27-,30-,31-/m0/s1. The molecule has 2 bridgehead atoms. The molecule has 7 rings (SSSR count). The molecule has 1 saturated heterocycles. The maximum Gasteiger partial charge on any atom is 0.416 e. The number of carboxylic acid groups (broad SMARTS) is 1. The van der Waals surface area contributed by atoms with Gasteiger partial charge >= 0.3 is 12.1 Å². The predicted octanol–water partition coefficient (Wildman–Crippen LogP) is 6.13. The van der Waals surface area contributed by atoms with Crippen LogP contribution in [0, 0.1) is 11.3 Å². The van der Waals surface area contributed by atoms with E-state index in [2.05, 4.69) is 0 Å². The number of rotatable bonds is 5. The van der Waals surface area contributed by atoms with Gasteiger partial charge in [0.2, 0.25) is 5.91 Å². The molecule has 0 spiro atoms. The van der Waals surface area contributed by atoms with Gasteiger partial charge in [-0.15, -0.1) is 0 Å². The normalized spacial score (nSPS) is 26.9. The van der Waals surface area contributed by atoms with Crippen LogP contribution in [0.15, 0.2) is 78.9 Å². The molecule has 0 unspecified atom stereocenters. The molecule has 1 saturated carbocycles. The number of para-hydroxylation sites is 1. The van der Waals surface area contributed by atoms with Gasteiger partial charge in [0.25, 0.3) is 0 Å². The molecule has 1 aliphatic heterocycles. The van der Waals surface area contributed by atoms with E-state index in [1.165, 1.54) is 18.2 Å². The molecule has 206 valence electrons. The first-order chi connectivity index (χ1) is 19.1. The number of carbonyl (C=O) groups excluding carboxylic acids is 1. The molecule has 1 amide bonds. The average molecular weight is 548 g/mol. The number of hydrogen-bond donors (Lipinski definition) is 1. The largest absolute Gasteiger partial charge is 0.496 e. The van der Waals surface area contributed by atoms with Crippen molar-refractivity contribution in [2.24, 2.45) is 11.3 Å². The Hall–Kier alpha value is -4.07. The third-order valence-corrected chi connectivity index (χ3v) is 9.32. The third kappa shape index (κ3) is 3.68. The molecule has 4 atom stereocenters. The Labute approximate surface area is 229 Å². The first-order valence-corrected chi connectivity index (χ1v) is 13.2. The van der Waals surface area contributed by atoms with Gasteiger partial charge in [0.15, 0.2) is 0 Å². The highest BCUT2D eigenvalue weighted by molar-refractivity contribution is 5.93. The first kappa shape index (κ1) is 26.2. The van der Waals surface area contributed by atoms with Crippen LogP contribution in [0.25, 0.3) is 6.08 Å². The van der Waals surface area contributed by atoms with Crippen LogP contribution in [0.5, 0.6) is 5.75 Å². The summed E-state index contributed by atoms with van der Waals surface area (Å²) in [7, 11) is 1.55. The molecular formula is C32H28F3NO4. The molecule has 8 heteroatoms. The summed E-state index contributed by atoms with van der Waals surface area (Å²) in [6.45, 7) is 0.219. The summed E-state index contributed by atoms with van der Waals surface area (Å²) in [5.74, 6) is -1.49. The van der Waals surface area contributed by atoms with Crippen LogP contribution >= 0.6 is 0 Å². The predicted molar refractivity (Wildman–Crippen MR) is 143 cm³/mol. The minimum atomic E-state index is -4.48. The number of hydrogen-bond acceptors (Lipinski definition) is 3. The Kier molecular flexibility index (Phi) is 6.05. The van der Waals surface area contributed by atoms with Crippen molar-refractivity contribution in [1.29, 1.82) is 0 Å². The van der Waals surface area contributed by atoms with Crippen molar-refractivity contribution in [1.82, 2.24) is 4.90 Å². The van der Waals surface area contributed by atoms with Crippen LogP contribution in [0.1, 0.15) is 46.6 Å². The fraction of sp³-hybridized carbons (Fsp3) is 0.312. The molecular weight excluding hydrogens is 519 g/mol. The molecule has 40 heavy (non-hydrogen) atoms. The Morgan fingerprint density at radius 2 is 1.73 bits per heavy atom. The number of benzene rings is 3. The zero-order valence-corrected chi connectivity index (χ0v) is 21.8. The number of halogens is 3. The van der Waals surface area contributed by atoms with Gasteiger partial charge in [0.05, 0.1) is 18.1 Å². The second kappa shape index (κ2) is 9.25. The fourth-order valence-corrected chi connectivity index (χ4v) is 7.65. The topological polar surface area (TPSA) is 66.8 Å². The number of alkyl halides is 3. The molecule has 3 aromatic carbocycles. The molecule has 1 N–H and O–H groups in total. The van der Waals surface area contributed by atoms with Gasteiger partial charge in [-0.2, -0.15) is 13.2 Å². The van der Waals surface area contributed by atoms with Gasteiger partial charge in [-0.25, -0.2) is 0 Å². The van der Waals surface area contributed by atoms with Crippen molar-refractivity contribution >= 4 is 18.0 Å². The highest BCUT2D eigenvalue weighted by Gasteiger charge is 2.70. The lowest BCUT2D eigenvalue weighted by Gasteiger charge is -2.59. The zero-order valence-electron chi connectivity index (χ0n) is 21.8. The van der Waals surface area contributed by atoms with Crippen molar-refractivity contribution < 1.29 is 32.6 Å². The summed E-state index contributed by atoms with van der Waals surface area (Å²) in [6, 6.07) is 20.1. The van der Waals surface area contributed by atoms with E-state index >= 15 is 0 Å². The summed E-state index contributed by atoms with van der Waals surface area (Å²) in [6.07, 6.45) is -0.220. The van der Waals surface area contributed by atoms with Crippen molar-refractivity contribution in [3.8, 4) is 5.75 Å². The number of methoxy groups -OCH3 is 1. The lowest BCUT2D eigenvalue weighted by atomic mass is 9.42. The van der Waals surface area contributed by atoms with Crippen LogP contribution in [-0.2, 0) is 21.2 Å². The van der Waals surface area contributed by atoms with Gasteiger partial charge in [0, 0.05) is 42.0 Å². The van der Waals surface area contributed by atoms with Crippen LogP contribution in [-0.4, -0.2) is 42.1 Å². The maximum absolute atomic E-state index is 13.5. The number of amides is 1. The SMILES string of the molecule is COc1ccccc1/C=C/C(=O)N1C[C@H]2[C@]3(c4ccc(C(F)(F)F)cc4)CC[C@@H](c4ccccc43)[C@@]2(C(=O)O)C1. The minimum absolute atomic E-state index is 0.0312. The summed E-state index contributed by atoms with van der Waals surface area (Å²) < 4.78 is 45.6. The Morgan fingerprint density at radius 1 is 1.02 bits per heavy atom. The van der Waals surface area contributed by atoms with Crippen LogP contribution < -0.4 is 4.74 Å². The van der Waals surface area contributed by atoms with E-state index in [4.69, 9.17) is 4.74 Å². The van der Waals surface area contributed by atoms with E-state index < -0.39 is 34.5 Å². The van der Waals surface area contributed by atoms with Crippen LogP contribution in [0.4, 0.5) is 13.2 Å². The molecule has 3 aliphatic carbocycles. The number of likely N-dealkylation sites (tertiary alicyclic amines) is 1. The zero-order chi connectivity index (χ0) is 28.3. The molecule has 0 aromatic heterocycles. The van der Waals surface area contributed by atoms with Crippen molar-refractivity contribution in [2.45, 2.75) is 30.4 Å². The summed E-state index contributed by atoms with van der Waals surface area (Å²) in [4.78, 5) is 28.3. The van der Waals surface area contributed by atoms with E-state index in [1.807, 2.05) is 42.5 Å². The summed E-state index contributed by atoms with van der Waals surface area (Å²) >= 11 is 0. The van der Waals surface area contributed by atoms with Crippen molar-refractivity contribution in [3.63, 3.8) is 0 Å². The molecule has 4 aliphatic rings. The van der Waals surface area contributed by atoms with Gasteiger partial charge in [0.1, 0.15) is 5.75 Å². The van der Waals surface area contributed by atoms with E-state index in [1.54, 1.807) is 24.2 Å². The fourth-order valence-electron chi connectivity index (χ4n) is 7.65. The number of carboxylic acids is 1. The Morgan fingerprint density at radius 3 is 2.42 bits per heavy atom. The lowest BCUT2D eigenvalue weighted by molar-refractivity contribution is -0.157. The number of fused-ring (bicyclic) bond motifs is 1. The van der Waals surface area contributed by atoms with E-state index in [0.29, 0.717) is 24.2 Å². The summed E-state index contributed by atoms with van der Waals surface area (Å²) in [5, 5.41) is 10.8. The number of aliphatic carboxylic acids is 1. The van der Waals surface area contributed by atoms with E-state index in [9.17, 15) is 27.9 Å². The van der Waals surface area contributed by atoms with Crippen molar-refractivity contribution in [2.75, 3.05) is 20.2 Å². The second-order valence-corrected chi connectivity index (χ2v) is 10.9. The minimum Gasteiger partial charge on any atom is -0.496 e. The molecule has 2 fully saturated rings. The third-order valence-electron chi connectivity index (χ3n) is 9.32. The lowest BCUT2D eigenvalue weighted by Crippen LogP contribution is -2.60. The second-order valence-electron chi connectivity index (χ2n) is 10.9. The highest BCUT2D eigenvalue weighted by Crippen LogP contribution is 2.69. The van der Waals surface area contributed by atoms with Gasteiger partial charge < -0.3 is 14.7 Å². The van der Waals surface area contributed by atoms with Crippen molar-refractivity contribution in [3.05, 3.63) is 107 Å². The van der Waals surface area contributed by atoms with Crippen LogP contribution in [0.2, 0.25) is 0 Å². The molecule has 1 heterocycles. The monoisotopic (exact) mass is 547 g/mol. The molecule has 5 nitrogen and oxygen atoms in total. The molecule has 3 aromatic rings. The van der Waals surface area contributed by atoms with Gasteiger partial charge in [-0.3, -0.25) is 9.59 Å². The highest BCUT2D eigenvalue weighted by atomic mass is 19.4. The van der Waals surface area contributed by atoms with E-state index in [0.717, 1.165) is 28.8 Å². The number of nitrogens with zero attached hydrogens (tertiary/aromatic N) is 1. The van der Waals surface area contributed by atoms with Crippen LogP contribution in [0.3, 0.4) is 0 Å². The Bertz CT molecular complexity index is 1520. The van der Waals surface area contributed by atoms with E-state index in [-0.39, 0.29) is 24.9 Å². The Balaban J connectivity index is 1.45. The smallest absolute Gasteiger partial charge is 0.416 e. The quantitative estimate of drug-likeness (QED) is 0.390. The number of carbonyl (C=O) groups is 2. The average Bonchev–Trinajstić information content (AvgIpc) is 3.40. The van der Waals surface area contributed by atoms with Gasteiger partial charge in [-0.05, 0) is 53.8 Å². The summed E-state index contributed by atoms with van der Waals surface area (Å²) in [5.41, 5.74) is 0.383. The number of ether oxygens (including phenoxy) is 1. The maximum atomic E-state index is 13.5. The first-order valence-electron chi connectivity index (χ1n) is 13.2.